The van der Waals surface area contributed by atoms with Gasteiger partial charge in [0, 0.05) is 41.6 Å². The van der Waals surface area contributed by atoms with Gasteiger partial charge in [-0.1, -0.05) is 0 Å². The van der Waals surface area contributed by atoms with Crippen LogP contribution in [0.15, 0.2) is 18.6 Å². The number of aryl methyl sites for hydroxylation is 2. The number of rotatable bonds is 8. The van der Waals surface area contributed by atoms with Gasteiger partial charge >= 0.3 is 10.3 Å². The number of carbonyl (C=O) groups is 1. The molecule has 11 nitrogen and oxygen atoms in total. The van der Waals surface area contributed by atoms with E-state index in [0.717, 1.165) is 32.4 Å². The molecule has 0 aromatic carbocycles. The second-order valence-corrected chi connectivity index (χ2v) is 13.0. The maximum absolute atomic E-state index is 13.6. The standard InChI is InChI=1S/C23H27N5O6S3/c1-11-15(21-22-17(3-4-34-21)27-12(2)36-22)7-19(35-11)20(30)16-9-24-10-25-23(16)28-14-5-13(18(29)6-14)8-26-37(31,32)33/h7,9-10,13-14,18,21,26,29H,3-6,8H2,1-2H3,(H,24,25,28)(H,31,32,33)/t13-,14-,18+,21-/m1/s1. The lowest BCUT2D eigenvalue weighted by Gasteiger charge is -2.22. The Morgan fingerprint density at radius 3 is 2.86 bits per heavy atom. The number of aliphatic hydroxyl groups is 1. The number of hydrogen-bond donors (Lipinski definition) is 4. The fourth-order valence-electron chi connectivity index (χ4n) is 4.91. The van der Waals surface area contributed by atoms with Crippen molar-refractivity contribution in [1.29, 1.82) is 0 Å². The maximum atomic E-state index is 13.6. The summed E-state index contributed by atoms with van der Waals surface area (Å²) in [5.41, 5.74) is 2.32. The minimum absolute atomic E-state index is 0.0881. The monoisotopic (exact) mass is 565 g/mol. The van der Waals surface area contributed by atoms with Crippen LogP contribution in [0.25, 0.3) is 0 Å². The van der Waals surface area contributed by atoms with E-state index in [1.165, 1.54) is 23.9 Å². The third kappa shape index (κ3) is 5.74. The molecule has 0 bridgehead atoms. The number of aliphatic hydroxyl groups excluding tert-OH is 1. The van der Waals surface area contributed by atoms with Gasteiger partial charge in [0.05, 0.1) is 38.7 Å². The molecule has 4 heterocycles. The lowest BCUT2D eigenvalue weighted by molar-refractivity contribution is 0.0716. The smallest absolute Gasteiger partial charge is 0.333 e. The number of ketones is 1. The van der Waals surface area contributed by atoms with Gasteiger partial charge in [-0.15, -0.1) is 22.7 Å². The van der Waals surface area contributed by atoms with E-state index in [4.69, 9.17) is 9.29 Å². The number of nitrogens with one attached hydrogen (secondary N) is 2. The zero-order valence-electron chi connectivity index (χ0n) is 20.2. The summed E-state index contributed by atoms with van der Waals surface area (Å²) in [6.45, 7) is 4.45. The molecule has 1 aliphatic carbocycles. The van der Waals surface area contributed by atoms with Crippen molar-refractivity contribution in [3.63, 3.8) is 0 Å². The first-order valence-electron chi connectivity index (χ1n) is 11.8. The van der Waals surface area contributed by atoms with Crippen molar-refractivity contribution >= 4 is 44.6 Å². The quantitative estimate of drug-likeness (QED) is 0.236. The van der Waals surface area contributed by atoms with Crippen LogP contribution < -0.4 is 10.0 Å². The molecule has 0 spiro atoms. The van der Waals surface area contributed by atoms with Crippen LogP contribution in [0.2, 0.25) is 0 Å². The molecule has 37 heavy (non-hydrogen) atoms. The lowest BCUT2D eigenvalue weighted by atomic mass is 10.0. The highest BCUT2D eigenvalue weighted by Crippen LogP contribution is 2.41. The minimum Gasteiger partial charge on any atom is -0.393 e. The normalized spacial score (nSPS) is 23.7. The van der Waals surface area contributed by atoms with Gasteiger partial charge < -0.3 is 15.2 Å². The van der Waals surface area contributed by atoms with Crippen molar-refractivity contribution in [2.24, 2.45) is 5.92 Å². The van der Waals surface area contributed by atoms with Crippen molar-refractivity contribution in [2.75, 3.05) is 18.5 Å². The molecule has 3 aromatic rings. The highest BCUT2D eigenvalue weighted by molar-refractivity contribution is 7.83. The van der Waals surface area contributed by atoms with Crippen molar-refractivity contribution in [3.8, 4) is 0 Å². The van der Waals surface area contributed by atoms with E-state index in [1.807, 2.05) is 24.6 Å². The number of thiazole rings is 1. The van der Waals surface area contributed by atoms with E-state index < -0.39 is 22.3 Å². The van der Waals surface area contributed by atoms with Gasteiger partial charge in [-0.05, 0) is 32.8 Å². The van der Waals surface area contributed by atoms with E-state index in [9.17, 15) is 18.3 Å². The van der Waals surface area contributed by atoms with Crippen LogP contribution in [0.1, 0.15) is 60.2 Å². The summed E-state index contributed by atoms with van der Waals surface area (Å²) >= 11 is 3.02. The Morgan fingerprint density at radius 1 is 1.27 bits per heavy atom. The fraction of sp³-hybridized carbons (Fsp3) is 0.478. The predicted molar refractivity (Wildman–Crippen MR) is 139 cm³/mol. The number of carbonyl (C=O) groups excluding carboxylic acids is 1. The maximum Gasteiger partial charge on any atom is 0.333 e. The van der Waals surface area contributed by atoms with Crippen LogP contribution >= 0.6 is 22.7 Å². The Balaban J connectivity index is 1.34. The van der Waals surface area contributed by atoms with E-state index in [0.29, 0.717) is 35.7 Å². The summed E-state index contributed by atoms with van der Waals surface area (Å²) in [6.07, 6.45) is 3.35. The second-order valence-electron chi connectivity index (χ2n) is 9.24. The fourth-order valence-corrected chi connectivity index (χ4v) is 7.38. The summed E-state index contributed by atoms with van der Waals surface area (Å²) in [5.74, 6) is -0.261. The minimum atomic E-state index is -4.34. The number of thiophene rings is 1. The molecule has 5 rings (SSSR count). The highest BCUT2D eigenvalue weighted by atomic mass is 32.2. The molecule has 4 N–H and O–H groups in total. The predicted octanol–water partition coefficient (Wildman–Crippen LogP) is 2.45. The van der Waals surface area contributed by atoms with Gasteiger partial charge in [0.25, 0.3) is 0 Å². The highest BCUT2D eigenvalue weighted by Gasteiger charge is 2.35. The molecule has 0 saturated heterocycles. The van der Waals surface area contributed by atoms with E-state index in [-0.39, 0.29) is 24.5 Å². The first-order chi connectivity index (χ1) is 17.6. The van der Waals surface area contributed by atoms with Crippen LogP contribution in [0, 0.1) is 19.8 Å². The Bertz CT molecular complexity index is 1420. The summed E-state index contributed by atoms with van der Waals surface area (Å²) in [5, 5.41) is 14.6. The van der Waals surface area contributed by atoms with Crippen molar-refractivity contribution in [2.45, 2.75) is 51.4 Å². The average molecular weight is 566 g/mol. The molecule has 14 heteroatoms. The van der Waals surface area contributed by atoms with E-state index >= 15 is 0 Å². The molecule has 2 aliphatic rings. The molecule has 3 aromatic heterocycles. The van der Waals surface area contributed by atoms with E-state index in [1.54, 1.807) is 11.3 Å². The first kappa shape index (κ1) is 26.3. The van der Waals surface area contributed by atoms with E-state index in [2.05, 4.69) is 20.3 Å². The summed E-state index contributed by atoms with van der Waals surface area (Å²) in [4.78, 5) is 29.1. The Hall–Kier alpha value is -2.33. The summed E-state index contributed by atoms with van der Waals surface area (Å²) < 4.78 is 39.0. The largest absolute Gasteiger partial charge is 0.393 e. The molecule has 0 unspecified atom stereocenters. The second kappa shape index (κ2) is 10.4. The van der Waals surface area contributed by atoms with Crippen molar-refractivity contribution in [3.05, 3.63) is 55.1 Å². The first-order valence-corrected chi connectivity index (χ1v) is 14.9. The summed E-state index contributed by atoms with van der Waals surface area (Å²) in [6, 6.07) is 1.64. The van der Waals surface area contributed by atoms with Crippen LogP contribution in [-0.2, 0) is 21.5 Å². The molecule has 0 radical (unpaired) electrons. The zero-order valence-corrected chi connectivity index (χ0v) is 22.6. The van der Waals surface area contributed by atoms with Crippen LogP contribution in [0.4, 0.5) is 5.82 Å². The number of anilines is 1. The third-order valence-corrected chi connectivity index (χ3v) is 9.29. The molecular formula is C23H27N5O6S3. The molecule has 0 amide bonds. The van der Waals surface area contributed by atoms with Gasteiger partial charge in [0.2, 0.25) is 5.78 Å². The van der Waals surface area contributed by atoms with Crippen molar-refractivity contribution in [1.82, 2.24) is 19.7 Å². The number of nitrogens with zero attached hydrogens (tertiary/aromatic N) is 3. The molecule has 1 fully saturated rings. The Labute approximate surface area is 222 Å². The number of ether oxygens (including phenoxy) is 1. The third-order valence-electron chi connectivity index (χ3n) is 6.64. The van der Waals surface area contributed by atoms with Crippen molar-refractivity contribution < 1.29 is 27.6 Å². The Kier molecular flexibility index (Phi) is 7.42. The average Bonchev–Trinajstić information content (AvgIpc) is 3.52. The molecule has 1 saturated carbocycles. The van der Waals surface area contributed by atoms with Crippen LogP contribution in [0.3, 0.4) is 0 Å². The molecule has 4 atom stereocenters. The number of aromatic nitrogens is 3. The zero-order chi connectivity index (χ0) is 26.3. The Morgan fingerprint density at radius 2 is 2.08 bits per heavy atom. The van der Waals surface area contributed by atoms with Gasteiger partial charge in [-0.2, -0.15) is 13.1 Å². The van der Waals surface area contributed by atoms with Gasteiger partial charge in [0.15, 0.2) is 0 Å². The SMILES string of the molecule is Cc1nc2c(s1)[C@@H](c1cc(C(=O)c3cncnc3N[C@@H]3C[C@H](CNS(=O)(=O)O)[C@@H](O)C3)sc1C)OCC2. The van der Waals surface area contributed by atoms with Gasteiger partial charge in [-0.25, -0.2) is 15.0 Å². The van der Waals surface area contributed by atoms with Crippen LogP contribution in [-0.4, -0.2) is 64.1 Å². The molecule has 198 valence electrons. The molecule has 1 aliphatic heterocycles. The lowest BCUT2D eigenvalue weighted by Crippen LogP contribution is -2.32. The molecular weight excluding hydrogens is 538 g/mol. The van der Waals surface area contributed by atoms with Gasteiger partial charge in [-0.3, -0.25) is 9.35 Å². The topological polar surface area (TPSA) is 164 Å². The number of hydrogen-bond acceptors (Lipinski definition) is 11. The van der Waals surface area contributed by atoms with Gasteiger partial charge in [0.1, 0.15) is 18.2 Å². The summed E-state index contributed by atoms with van der Waals surface area (Å²) in [7, 11) is -4.34. The van der Waals surface area contributed by atoms with Crippen LogP contribution in [0.5, 0.6) is 0 Å². The number of fused-ring (bicyclic) bond motifs is 1.